The summed E-state index contributed by atoms with van der Waals surface area (Å²) in [7, 11) is 0. The van der Waals surface area contributed by atoms with Gasteiger partial charge in [0.25, 0.3) is 0 Å². The maximum absolute atomic E-state index is 13.7. The van der Waals surface area contributed by atoms with Crippen LogP contribution in [0.2, 0.25) is 0 Å². The van der Waals surface area contributed by atoms with E-state index in [1.807, 2.05) is 13.1 Å². The summed E-state index contributed by atoms with van der Waals surface area (Å²) < 4.78 is 19.4. The fourth-order valence-corrected chi connectivity index (χ4v) is 4.21. The van der Waals surface area contributed by atoms with E-state index in [1.54, 1.807) is 30.0 Å². The standard InChI is InChI=1S/C21H28FN3OS/c1-3-4-13-27-21-20(24-16(2)14-23-21)25-11-9-17(10-12-25)15-26-19-8-6-5-7-18(19)22/h5-8,14,17H,3-4,9-13,15H2,1-2H3. The summed E-state index contributed by atoms with van der Waals surface area (Å²) >= 11 is 1.80. The first-order valence-electron chi connectivity index (χ1n) is 9.76. The number of para-hydroxylation sites is 1. The van der Waals surface area contributed by atoms with Crippen molar-refractivity contribution < 1.29 is 9.13 Å². The van der Waals surface area contributed by atoms with Crippen molar-refractivity contribution in [2.45, 2.75) is 44.6 Å². The van der Waals surface area contributed by atoms with Crippen LogP contribution in [0.25, 0.3) is 0 Å². The van der Waals surface area contributed by atoms with E-state index in [4.69, 9.17) is 9.72 Å². The highest BCUT2D eigenvalue weighted by Gasteiger charge is 2.23. The van der Waals surface area contributed by atoms with Crippen molar-refractivity contribution in [3.8, 4) is 5.75 Å². The Kier molecular flexibility index (Phi) is 7.33. The molecular formula is C21H28FN3OS. The van der Waals surface area contributed by atoms with Gasteiger partial charge in [0.05, 0.1) is 12.3 Å². The zero-order valence-corrected chi connectivity index (χ0v) is 17.0. The highest BCUT2D eigenvalue weighted by Crippen LogP contribution is 2.30. The number of aromatic nitrogens is 2. The van der Waals surface area contributed by atoms with Crippen molar-refractivity contribution in [2.75, 3.05) is 30.3 Å². The highest BCUT2D eigenvalue weighted by atomic mass is 32.2. The first kappa shape index (κ1) is 19.9. The van der Waals surface area contributed by atoms with Crippen LogP contribution in [0.3, 0.4) is 0 Å². The number of nitrogens with zero attached hydrogens (tertiary/aromatic N) is 3. The molecule has 1 aromatic heterocycles. The number of benzene rings is 1. The number of hydrogen-bond acceptors (Lipinski definition) is 5. The highest BCUT2D eigenvalue weighted by molar-refractivity contribution is 7.99. The second-order valence-corrected chi connectivity index (χ2v) is 8.10. The van der Waals surface area contributed by atoms with E-state index < -0.39 is 0 Å². The Morgan fingerprint density at radius 2 is 2.04 bits per heavy atom. The summed E-state index contributed by atoms with van der Waals surface area (Å²) in [5, 5.41) is 1.04. The van der Waals surface area contributed by atoms with Crippen LogP contribution in [0, 0.1) is 18.7 Å². The lowest BCUT2D eigenvalue weighted by Crippen LogP contribution is -2.36. The molecule has 2 aromatic rings. The Morgan fingerprint density at radius 1 is 1.26 bits per heavy atom. The van der Waals surface area contributed by atoms with Gasteiger partial charge < -0.3 is 9.64 Å². The zero-order valence-electron chi connectivity index (χ0n) is 16.2. The Hall–Kier alpha value is -1.82. The van der Waals surface area contributed by atoms with Gasteiger partial charge in [-0.3, -0.25) is 0 Å². The first-order chi connectivity index (χ1) is 13.2. The second kappa shape index (κ2) is 9.93. The van der Waals surface area contributed by atoms with E-state index in [0.29, 0.717) is 18.3 Å². The van der Waals surface area contributed by atoms with Crippen LogP contribution in [-0.4, -0.2) is 35.4 Å². The molecule has 3 rings (SSSR count). The van der Waals surface area contributed by atoms with E-state index >= 15 is 0 Å². The smallest absolute Gasteiger partial charge is 0.165 e. The third-order valence-electron chi connectivity index (χ3n) is 4.80. The van der Waals surface area contributed by atoms with Crippen molar-refractivity contribution in [1.82, 2.24) is 9.97 Å². The van der Waals surface area contributed by atoms with Gasteiger partial charge in [-0.1, -0.05) is 25.5 Å². The summed E-state index contributed by atoms with van der Waals surface area (Å²) in [6.07, 6.45) is 6.27. The fourth-order valence-electron chi connectivity index (χ4n) is 3.16. The van der Waals surface area contributed by atoms with Gasteiger partial charge in [-0.15, -0.1) is 11.8 Å². The summed E-state index contributed by atoms with van der Waals surface area (Å²) in [6, 6.07) is 6.60. The van der Waals surface area contributed by atoms with Crippen molar-refractivity contribution in [1.29, 1.82) is 0 Å². The molecule has 1 aromatic carbocycles. The third-order valence-corrected chi connectivity index (χ3v) is 5.86. The average molecular weight is 390 g/mol. The Bertz CT molecular complexity index is 735. The molecule has 0 radical (unpaired) electrons. The van der Waals surface area contributed by atoms with Crippen LogP contribution in [0.1, 0.15) is 38.3 Å². The molecule has 146 valence electrons. The largest absolute Gasteiger partial charge is 0.490 e. The molecule has 6 heteroatoms. The molecule has 1 aliphatic heterocycles. The van der Waals surface area contributed by atoms with E-state index in [-0.39, 0.29) is 5.82 Å². The number of unbranched alkanes of at least 4 members (excludes halogenated alkanes) is 1. The number of hydrogen-bond donors (Lipinski definition) is 0. The summed E-state index contributed by atoms with van der Waals surface area (Å²) in [4.78, 5) is 11.7. The van der Waals surface area contributed by atoms with Crippen molar-refractivity contribution >= 4 is 17.6 Å². The molecule has 0 atom stereocenters. The van der Waals surface area contributed by atoms with Gasteiger partial charge in [-0.2, -0.15) is 0 Å². The maximum atomic E-state index is 13.7. The van der Waals surface area contributed by atoms with E-state index in [1.165, 1.54) is 18.9 Å². The van der Waals surface area contributed by atoms with E-state index in [2.05, 4.69) is 16.8 Å². The summed E-state index contributed by atoms with van der Waals surface area (Å²) in [6.45, 7) is 6.63. The molecule has 1 fully saturated rings. The van der Waals surface area contributed by atoms with Crippen molar-refractivity contribution in [3.05, 3.63) is 42.0 Å². The van der Waals surface area contributed by atoms with Crippen LogP contribution < -0.4 is 9.64 Å². The van der Waals surface area contributed by atoms with Gasteiger partial charge in [-0.25, -0.2) is 14.4 Å². The number of thioether (sulfide) groups is 1. The third kappa shape index (κ3) is 5.58. The average Bonchev–Trinajstić information content (AvgIpc) is 2.69. The Labute approximate surface area is 165 Å². The Morgan fingerprint density at radius 3 is 2.78 bits per heavy atom. The van der Waals surface area contributed by atoms with Gasteiger partial charge >= 0.3 is 0 Å². The molecule has 27 heavy (non-hydrogen) atoms. The Balaban J connectivity index is 1.55. The van der Waals surface area contributed by atoms with Gasteiger partial charge in [0, 0.05) is 19.3 Å². The lowest BCUT2D eigenvalue weighted by Gasteiger charge is -2.33. The number of piperidine rings is 1. The van der Waals surface area contributed by atoms with E-state index in [9.17, 15) is 4.39 Å². The van der Waals surface area contributed by atoms with Crippen LogP contribution in [-0.2, 0) is 0 Å². The molecule has 4 nitrogen and oxygen atoms in total. The molecule has 0 spiro atoms. The zero-order chi connectivity index (χ0) is 19.1. The molecule has 1 saturated heterocycles. The van der Waals surface area contributed by atoms with Gasteiger partial charge in [0.15, 0.2) is 17.4 Å². The minimum absolute atomic E-state index is 0.293. The normalized spacial score (nSPS) is 15.1. The molecule has 0 bridgehead atoms. The van der Waals surface area contributed by atoms with Crippen molar-refractivity contribution in [3.63, 3.8) is 0 Å². The molecule has 0 amide bonds. The monoisotopic (exact) mass is 389 g/mol. The van der Waals surface area contributed by atoms with Crippen LogP contribution in [0.5, 0.6) is 5.75 Å². The first-order valence-corrected chi connectivity index (χ1v) is 10.7. The second-order valence-electron chi connectivity index (χ2n) is 7.01. The topological polar surface area (TPSA) is 38.2 Å². The van der Waals surface area contributed by atoms with Crippen LogP contribution in [0.4, 0.5) is 10.2 Å². The maximum Gasteiger partial charge on any atom is 0.165 e. The predicted octanol–water partition coefficient (Wildman–Crippen LogP) is 5.11. The molecule has 0 saturated carbocycles. The number of anilines is 1. The summed E-state index contributed by atoms with van der Waals surface area (Å²) in [5.74, 6) is 2.59. The molecule has 1 aliphatic rings. The van der Waals surface area contributed by atoms with Gasteiger partial charge in [0.2, 0.25) is 0 Å². The van der Waals surface area contributed by atoms with Gasteiger partial charge in [-0.05, 0) is 50.0 Å². The molecular weight excluding hydrogens is 361 g/mol. The fraction of sp³-hybridized carbons (Fsp3) is 0.524. The minimum atomic E-state index is -0.293. The number of rotatable bonds is 8. The van der Waals surface area contributed by atoms with Crippen molar-refractivity contribution in [2.24, 2.45) is 5.92 Å². The number of aryl methyl sites for hydroxylation is 1. The lowest BCUT2D eigenvalue weighted by atomic mass is 9.98. The van der Waals surface area contributed by atoms with E-state index in [0.717, 1.165) is 48.2 Å². The molecule has 2 heterocycles. The minimum Gasteiger partial charge on any atom is -0.490 e. The predicted molar refractivity (Wildman–Crippen MR) is 109 cm³/mol. The molecule has 0 N–H and O–H groups in total. The quantitative estimate of drug-likeness (QED) is 0.463. The van der Waals surface area contributed by atoms with Crippen LogP contribution >= 0.6 is 11.8 Å². The summed E-state index contributed by atoms with van der Waals surface area (Å²) in [5.41, 5.74) is 0.954. The van der Waals surface area contributed by atoms with Crippen LogP contribution in [0.15, 0.2) is 35.5 Å². The van der Waals surface area contributed by atoms with Gasteiger partial charge in [0.1, 0.15) is 5.03 Å². The lowest BCUT2D eigenvalue weighted by molar-refractivity contribution is 0.215. The SMILES string of the molecule is CCCCSc1ncc(C)nc1N1CCC(COc2ccccc2F)CC1. The number of ether oxygens (including phenoxy) is 1. The molecule has 0 aliphatic carbocycles. The number of halogens is 1. The molecule has 0 unspecified atom stereocenters.